The van der Waals surface area contributed by atoms with Crippen LogP contribution in [0.25, 0.3) is 11.0 Å². The molecule has 0 atom stereocenters. The molecule has 4 rings (SSSR count). The summed E-state index contributed by atoms with van der Waals surface area (Å²) in [5.74, 6) is 6.54. The van der Waals surface area contributed by atoms with Gasteiger partial charge in [-0.05, 0) is 43.2 Å². The summed E-state index contributed by atoms with van der Waals surface area (Å²) in [6.45, 7) is 0.236. The van der Waals surface area contributed by atoms with E-state index in [1.807, 2.05) is 12.3 Å². The van der Waals surface area contributed by atoms with Gasteiger partial charge in [-0.1, -0.05) is 31.1 Å². The summed E-state index contributed by atoms with van der Waals surface area (Å²) in [4.78, 5) is 7.62. The zero-order valence-electron chi connectivity index (χ0n) is 15.1. The maximum atomic E-state index is 12.9. The van der Waals surface area contributed by atoms with E-state index in [2.05, 4.69) is 27.1 Å². The van der Waals surface area contributed by atoms with E-state index in [0.29, 0.717) is 11.8 Å². The monoisotopic (exact) mass is 363 g/mol. The van der Waals surface area contributed by atoms with Gasteiger partial charge in [0.05, 0.1) is 11.3 Å². The maximum Gasteiger partial charge on any atom is 0.149 e. The minimum absolute atomic E-state index is 0.236. The van der Waals surface area contributed by atoms with Crippen LogP contribution in [0.2, 0.25) is 0 Å². The van der Waals surface area contributed by atoms with Gasteiger partial charge in [-0.15, -0.1) is 0 Å². The summed E-state index contributed by atoms with van der Waals surface area (Å²) in [5, 5.41) is 4.76. The molecule has 4 nitrogen and oxygen atoms in total. The minimum Gasteiger partial charge on any atom is -0.481 e. The first-order valence-corrected chi connectivity index (χ1v) is 9.39. The number of benzene rings is 1. The van der Waals surface area contributed by atoms with E-state index in [4.69, 9.17) is 4.74 Å². The van der Waals surface area contributed by atoms with Crippen molar-refractivity contribution in [1.82, 2.24) is 9.97 Å². The van der Waals surface area contributed by atoms with Crippen molar-refractivity contribution in [1.29, 1.82) is 0 Å². The van der Waals surface area contributed by atoms with E-state index < -0.39 is 0 Å². The molecule has 2 aromatic heterocycles. The Morgan fingerprint density at radius 2 is 1.96 bits per heavy atom. The fourth-order valence-electron chi connectivity index (χ4n) is 3.49. The van der Waals surface area contributed by atoms with E-state index in [1.165, 1.54) is 44.2 Å². The Balaban J connectivity index is 1.52. The molecule has 1 aromatic carbocycles. The Morgan fingerprint density at radius 3 is 2.78 bits per heavy atom. The number of anilines is 1. The highest BCUT2D eigenvalue weighted by Crippen LogP contribution is 2.29. The molecule has 0 radical (unpaired) electrons. The van der Waals surface area contributed by atoms with E-state index in [1.54, 1.807) is 18.3 Å². The topological polar surface area (TPSA) is 49.9 Å². The molecular formula is C22H22FN3O. The second kappa shape index (κ2) is 8.13. The number of pyridine rings is 1. The second-order valence-electron chi connectivity index (χ2n) is 6.81. The molecule has 0 aliphatic heterocycles. The van der Waals surface area contributed by atoms with Crippen LogP contribution in [-0.2, 0) is 0 Å². The van der Waals surface area contributed by atoms with Gasteiger partial charge in [0.1, 0.15) is 23.8 Å². The van der Waals surface area contributed by atoms with Crippen LogP contribution in [0.3, 0.4) is 0 Å². The zero-order chi connectivity index (χ0) is 18.5. The molecule has 0 spiro atoms. The van der Waals surface area contributed by atoms with Crippen LogP contribution in [-0.4, -0.2) is 22.6 Å². The molecule has 1 saturated carbocycles. The van der Waals surface area contributed by atoms with Crippen LogP contribution < -0.4 is 10.1 Å². The third kappa shape index (κ3) is 4.22. The minimum atomic E-state index is -0.280. The molecule has 0 amide bonds. The van der Waals surface area contributed by atoms with Gasteiger partial charge in [0.2, 0.25) is 0 Å². The van der Waals surface area contributed by atoms with Gasteiger partial charge in [-0.2, -0.15) is 0 Å². The molecule has 0 saturated heterocycles. The van der Waals surface area contributed by atoms with Crippen molar-refractivity contribution >= 4 is 16.7 Å². The van der Waals surface area contributed by atoms with Gasteiger partial charge in [-0.25, -0.2) is 9.37 Å². The average molecular weight is 363 g/mol. The summed E-state index contributed by atoms with van der Waals surface area (Å²) >= 11 is 0. The largest absolute Gasteiger partial charge is 0.481 e. The van der Waals surface area contributed by atoms with Gasteiger partial charge in [0.15, 0.2) is 0 Å². The van der Waals surface area contributed by atoms with Crippen LogP contribution in [0.15, 0.2) is 42.7 Å². The molecule has 2 heterocycles. The van der Waals surface area contributed by atoms with Crippen LogP contribution in [0.5, 0.6) is 5.75 Å². The van der Waals surface area contributed by atoms with Crippen molar-refractivity contribution in [2.45, 2.75) is 38.1 Å². The Morgan fingerprint density at radius 1 is 1.15 bits per heavy atom. The Labute approximate surface area is 158 Å². The predicted molar refractivity (Wildman–Crippen MR) is 105 cm³/mol. The molecule has 138 valence electrons. The number of aromatic amines is 1. The normalized spacial score (nSPS) is 14.6. The zero-order valence-corrected chi connectivity index (χ0v) is 15.1. The van der Waals surface area contributed by atoms with Crippen molar-refractivity contribution < 1.29 is 9.13 Å². The van der Waals surface area contributed by atoms with Crippen molar-refractivity contribution in [3.8, 4) is 17.6 Å². The van der Waals surface area contributed by atoms with Crippen LogP contribution in [0.1, 0.15) is 37.7 Å². The summed E-state index contributed by atoms with van der Waals surface area (Å²) in [5.41, 5.74) is 2.78. The lowest BCUT2D eigenvalue weighted by molar-refractivity contribution is 0.369. The number of nitrogens with one attached hydrogen (secondary N) is 2. The number of nitrogens with zero attached hydrogens (tertiary/aromatic N) is 1. The van der Waals surface area contributed by atoms with Crippen LogP contribution >= 0.6 is 0 Å². The third-order valence-corrected chi connectivity index (χ3v) is 4.89. The standard InChI is InChI=1S/C22H22FN3O/c23-17-8-10-19(11-9-17)27-14-4-5-16-15-25-22-20(12-13-24-22)21(16)26-18-6-2-1-3-7-18/h8-13,15,18H,1-3,6-7,14H2,(H2,24,25,26). The lowest BCUT2D eigenvalue weighted by Crippen LogP contribution is -2.22. The van der Waals surface area contributed by atoms with Gasteiger partial charge in [0, 0.05) is 23.8 Å². The lowest BCUT2D eigenvalue weighted by Gasteiger charge is -2.24. The highest BCUT2D eigenvalue weighted by atomic mass is 19.1. The first-order valence-electron chi connectivity index (χ1n) is 9.39. The Kier molecular flexibility index (Phi) is 5.24. The summed E-state index contributed by atoms with van der Waals surface area (Å²) < 4.78 is 18.5. The highest BCUT2D eigenvalue weighted by molar-refractivity contribution is 5.92. The van der Waals surface area contributed by atoms with E-state index in [0.717, 1.165) is 22.3 Å². The quantitative estimate of drug-likeness (QED) is 0.650. The fraction of sp³-hybridized carbons (Fsp3) is 0.318. The Hall–Kier alpha value is -3.00. The van der Waals surface area contributed by atoms with E-state index in [9.17, 15) is 4.39 Å². The molecule has 0 bridgehead atoms. The smallest absolute Gasteiger partial charge is 0.149 e. The number of hydrogen-bond acceptors (Lipinski definition) is 3. The van der Waals surface area contributed by atoms with Crippen LogP contribution in [0.4, 0.5) is 10.1 Å². The predicted octanol–water partition coefficient (Wildman–Crippen LogP) is 4.88. The third-order valence-electron chi connectivity index (χ3n) is 4.89. The van der Waals surface area contributed by atoms with E-state index >= 15 is 0 Å². The van der Waals surface area contributed by atoms with Gasteiger partial charge < -0.3 is 15.0 Å². The number of hydrogen-bond donors (Lipinski definition) is 2. The molecule has 2 N–H and O–H groups in total. The molecule has 27 heavy (non-hydrogen) atoms. The fourth-order valence-corrected chi connectivity index (χ4v) is 3.49. The first kappa shape index (κ1) is 17.4. The highest BCUT2D eigenvalue weighted by Gasteiger charge is 2.16. The summed E-state index contributed by atoms with van der Waals surface area (Å²) in [6.07, 6.45) is 9.94. The van der Waals surface area contributed by atoms with Crippen molar-refractivity contribution in [3.63, 3.8) is 0 Å². The molecule has 0 unspecified atom stereocenters. The number of ether oxygens (including phenoxy) is 1. The number of rotatable bonds is 4. The number of halogens is 1. The number of fused-ring (bicyclic) bond motifs is 1. The summed E-state index contributed by atoms with van der Waals surface area (Å²) in [6, 6.07) is 8.46. The number of H-pyrrole nitrogens is 1. The van der Waals surface area contributed by atoms with E-state index in [-0.39, 0.29) is 12.4 Å². The van der Waals surface area contributed by atoms with Gasteiger partial charge >= 0.3 is 0 Å². The van der Waals surface area contributed by atoms with Crippen molar-refractivity contribution in [3.05, 3.63) is 54.1 Å². The maximum absolute atomic E-state index is 12.9. The molecule has 3 aromatic rings. The van der Waals surface area contributed by atoms with Crippen LogP contribution in [0, 0.1) is 17.7 Å². The first-order chi connectivity index (χ1) is 13.3. The average Bonchev–Trinajstić information content (AvgIpc) is 3.18. The van der Waals surface area contributed by atoms with Crippen molar-refractivity contribution in [2.75, 3.05) is 11.9 Å². The molecule has 1 aliphatic rings. The number of aromatic nitrogens is 2. The lowest BCUT2D eigenvalue weighted by atomic mass is 9.95. The molecular weight excluding hydrogens is 341 g/mol. The van der Waals surface area contributed by atoms with Crippen molar-refractivity contribution in [2.24, 2.45) is 0 Å². The SMILES string of the molecule is Fc1ccc(OCC#Cc2cnc3[nH]ccc3c2NC2CCCCC2)cc1. The second-order valence-corrected chi connectivity index (χ2v) is 6.81. The molecule has 1 aliphatic carbocycles. The molecule has 5 heteroatoms. The summed E-state index contributed by atoms with van der Waals surface area (Å²) in [7, 11) is 0. The molecule has 1 fully saturated rings. The van der Waals surface area contributed by atoms with Gasteiger partial charge in [0.25, 0.3) is 0 Å². The Bertz CT molecular complexity index is 963. The van der Waals surface area contributed by atoms with Gasteiger partial charge in [-0.3, -0.25) is 0 Å².